The van der Waals surface area contributed by atoms with Crippen molar-refractivity contribution in [1.29, 1.82) is 0 Å². The minimum absolute atomic E-state index is 0.0774. The first kappa shape index (κ1) is 17.5. The zero-order chi connectivity index (χ0) is 18.8. The molecule has 4 rings (SSSR count). The number of piperazine rings is 1. The fourth-order valence-corrected chi connectivity index (χ4v) is 3.60. The Bertz CT molecular complexity index is 825. The summed E-state index contributed by atoms with van der Waals surface area (Å²) in [6, 6.07) is 9.02. The second kappa shape index (κ2) is 7.34. The Hall–Kier alpha value is -2.96. The molecular formula is C20H22N2O5. The minimum atomic E-state index is -0.211. The van der Waals surface area contributed by atoms with Gasteiger partial charge in [-0.05, 0) is 42.3 Å². The third-order valence-electron chi connectivity index (χ3n) is 5.13. The molecule has 2 aromatic rings. The molecule has 2 aliphatic heterocycles. The van der Waals surface area contributed by atoms with Crippen molar-refractivity contribution in [3.8, 4) is 11.5 Å². The quantitative estimate of drug-likeness (QED) is 0.824. The highest BCUT2D eigenvalue weighted by Gasteiger charge is 2.32. The minimum Gasteiger partial charge on any atom is -0.497 e. The fraction of sp³-hybridized carbons (Fsp3) is 0.400. The number of amides is 2. The lowest BCUT2D eigenvalue weighted by molar-refractivity contribution is -0.138. The largest absolute Gasteiger partial charge is 0.497 e. The summed E-state index contributed by atoms with van der Waals surface area (Å²) in [6.07, 6.45) is 2.12. The summed E-state index contributed by atoms with van der Waals surface area (Å²) in [6.45, 7) is 2.43. The lowest BCUT2D eigenvalue weighted by Gasteiger charge is -2.37. The Labute approximate surface area is 157 Å². The van der Waals surface area contributed by atoms with Crippen molar-refractivity contribution >= 4 is 11.8 Å². The van der Waals surface area contributed by atoms with E-state index in [9.17, 15) is 9.59 Å². The van der Waals surface area contributed by atoms with Crippen molar-refractivity contribution in [1.82, 2.24) is 9.80 Å². The molecule has 1 atom stereocenters. The van der Waals surface area contributed by atoms with Crippen LogP contribution in [0.1, 0.15) is 16.1 Å². The summed E-state index contributed by atoms with van der Waals surface area (Å²) in [5, 5.41) is 0. The Balaban J connectivity index is 1.36. The van der Waals surface area contributed by atoms with Gasteiger partial charge in [0.1, 0.15) is 18.1 Å². The van der Waals surface area contributed by atoms with Gasteiger partial charge in [-0.3, -0.25) is 9.59 Å². The van der Waals surface area contributed by atoms with Crippen LogP contribution in [0.5, 0.6) is 11.5 Å². The van der Waals surface area contributed by atoms with Crippen molar-refractivity contribution in [3.05, 3.63) is 47.9 Å². The Morgan fingerprint density at radius 3 is 2.59 bits per heavy atom. The average Bonchev–Trinajstić information content (AvgIpc) is 3.27. The molecule has 1 saturated heterocycles. The highest BCUT2D eigenvalue weighted by atomic mass is 16.5. The molecule has 0 N–H and O–H groups in total. The van der Waals surface area contributed by atoms with E-state index in [1.807, 2.05) is 23.1 Å². The zero-order valence-electron chi connectivity index (χ0n) is 15.2. The van der Waals surface area contributed by atoms with Gasteiger partial charge in [-0.25, -0.2) is 0 Å². The first-order chi connectivity index (χ1) is 13.2. The normalized spacial score (nSPS) is 19.2. The molecule has 7 heteroatoms. The molecule has 1 unspecified atom stereocenters. The van der Waals surface area contributed by atoms with Gasteiger partial charge < -0.3 is 23.7 Å². The van der Waals surface area contributed by atoms with Crippen molar-refractivity contribution in [2.75, 3.05) is 39.9 Å². The van der Waals surface area contributed by atoms with Crippen LogP contribution in [0.4, 0.5) is 0 Å². The molecule has 142 valence electrons. The van der Waals surface area contributed by atoms with Gasteiger partial charge >= 0.3 is 0 Å². The monoisotopic (exact) mass is 370 g/mol. The Morgan fingerprint density at radius 1 is 1.11 bits per heavy atom. The van der Waals surface area contributed by atoms with Crippen LogP contribution in [0, 0.1) is 5.92 Å². The molecule has 2 amide bonds. The average molecular weight is 370 g/mol. The van der Waals surface area contributed by atoms with Crippen LogP contribution in [0.15, 0.2) is 41.0 Å². The molecule has 0 radical (unpaired) electrons. The molecule has 0 spiro atoms. The summed E-state index contributed by atoms with van der Waals surface area (Å²) < 4.78 is 16.2. The summed E-state index contributed by atoms with van der Waals surface area (Å²) in [5.74, 6) is 1.64. The molecule has 0 bridgehead atoms. The molecule has 2 aliphatic rings. The van der Waals surface area contributed by atoms with E-state index < -0.39 is 0 Å². The molecule has 0 aliphatic carbocycles. The smallest absolute Gasteiger partial charge is 0.289 e. The van der Waals surface area contributed by atoms with Crippen molar-refractivity contribution in [3.63, 3.8) is 0 Å². The maximum atomic E-state index is 12.9. The predicted molar refractivity (Wildman–Crippen MR) is 96.9 cm³/mol. The number of nitrogens with zero attached hydrogens (tertiary/aromatic N) is 2. The van der Waals surface area contributed by atoms with Gasteiger partial charge in [0.15, 0.2) is 5.76 Å². The second-order valence-electron chi connectivity index (χ2n) is 6.78. The first-order valence-electron chi connectivity index (χ1n) is 9.07. The topological polar surface area (TPSA) is 72.2 Å². The summed E-state index contributed by atoms with van der Waals surface area (Å²) in [7, 11) is 1.62. The van der Waals surface area contributed by atoms with Crippen LogP contribution < -0.4 is 9.47 Å². The van der Waals surface area contributed by atoms with Crippen molar-refractivity contribution in [2.45, 2.75) is 6.42 Å². The first-order valence-corrected chi connectivity index (χ1v) is 9.07. The predicted octanol–water partition coefficient (Wildman–Crippen LogP) is 1.82. The summed E-state index contributed by atoms with van der Waals surface area (Å²) in [4.78, 5) is 28.8. The van der Waals surface area contributed by atoms with E-state index in [-0.39, 0.29) is 17.7 Å². The highest BCUT2D eigenvalue weighted by Crippen LogP contribution is 2.31. The summed E-state index contributed by atoms with van der Waals surface area (Å²) >= 11 is 0. The van der Waals surface area contributed by atoms with Crippen LogP contribution in [0.25, 0.3) is 0 Å². The van der Waals surface area contributed by atoms with Gasteiger partial charge in [0.2, 0.25) is 5.91 Å². The molecule has 1 fully saturated rings. The van der Waals surface area contributed by atoms with Crippen LogP contribution >= 0.6 is 0 Å². The fourth-order valence-electron chi connectivity index (χ4n) is 3.60. The van der Waals surface area contributed by atoms with Crippen LogP contribution in [-0.4, -0.2) is 61.5 Å². The Morgan fingerprint density at radius 2 is 1.89 bits per heavy atom. The van der Waals surface area contributed by atoms with E-state index in [0.717, 1.165) is 17.1 Å². The lowest BCUT2D eigenvalue weighted by atomic mass is 9.95. The van der Waals surface area contributed by atoms with Crippen molar-refractivity contribution < 1.29 is 23.5 Å². The molecule has 27 heavy (non-hydrogen) atoms. The number of furan rings is 1. The van der Waals surface area contributed by atoms with Gasteiger partial charge in [-0.15, -0.1) is 0 Å². The molecular weight excluding hydrogens is 348 g/mol. The number of hydrogen-bond acceptors (Lipinski definition) is 5. The molecule has 3 heterocycles. The van der Waals surface area contributed by atoms with E-state index in [4.69, 9.17) is 13.9 Å². The van der Waals surface area contributed by atoms with E-state index in [2.05, 4.69) is 0 Å². The van der Waals surface area contributed by atoms with Crippen LogP contribution in [-0.2, 0) is 11.2 Å². The van der Waals surface area contributed by atoms with E-state index >= 15 is 0 Å². The number of rotatable bonds is 3. The van der Waals surface area contributed by atoms with E-state index in [0.29, 0.717) is 45.0 Å². The second-order valence-corrected chi connectivity index (χ2v) is 6.78. The number of ether oxygens (including phenoxy) is 2. The summed E-state index contributed by atoms with van der Waals surface area (Å²) in [5.41, 5.74) is 0.991. The van der Waals surface area contributed by atoms with Gasteiger partial charge in [0.25, 0.3) is 5.91 Å². The zero-order valence-corrected chi connectivity index (χ0v) is 15.2. The van der Waals surface area contributed by atoms with Gasteiger partial charge in [-0.1, -0.05) is 0 Å². The molecule has 1 aromatic heterocycles. The third kappa shape index (κ3) is 3.49. The number of fused-ring (bicyclic) bond motifs is 1. The van der Waals surface area contributed by atoms with Crippen LogP contribution in [0.2, 0.25) is 0 Å². The third-order valence-corrected chi connectivity index (χ3v) is 5.13. The number of benzene rings is 1. The Kier molecular flexibility index (Phi) is 4.75. The SMILES string of the molecule is COc1ccc2c(c1)CC(C(=O)N1CCN(C(=O)c3ccco3)CC1)CO2. The molecule has 0 saturated carbocycles. The lowest BCUT2D eigenvalue weighted by Crippen LogP contribution is -2.53. The standard InChI is InChI=1S/C20H22N2O5/c1-25-16-4-5-17-14(12-16)11-15(13-27-17)19(23)21-6-8-22(9-7-21)20(24)18-3-2-10-26-18/h2-5,10,12,15H,6-9,11,13H2,1H3. The van der Waals surface area contributed by atoms with Crippen molar-refractivity contribution in [2.24, 2.45) is 5.92 Å². The van der Waals surface area contributed by atoms with Gasteiger partial charge in [0.05, 0.1) is 19.3 Å². The van der Waals surface area contributed by atoms with Gasteiger partial charge in [-0.2, -0.15) is 0 Å². The maximum Gasteiger partial charge on any atom is 0.289 e. The van der Waals surface area contributed by atoms with E-state index in [1.165, 1.54) is 6.26 Å². The number of hydrogen-bond donors (Lipinski definition) is 0. The van der Waals surface area contributed by atoms with Gasteiger partial charge in [0, 0.05) is 26.2 Å². The molecule has 7 nitrogen and oxygen atoms in total. The maximum absolute atomic E-state index is 12.9. The van der Waals surface area contributed by atoms with E-state index in [1.54, 1.807) is 24.1 Å². The highest BCUT2D eigenvalue weighted by molar-refractivity contribution is 5.91. The number of carbonyl (C=O) groups excluding carboxylic acids is 2. The molecule has 1 aromatic carbocycles. The number of methoxy groups -OCH3 is 1. The number of carbonyl (C=O) groups is 2. The van der Waals surface area contributed by atoms with Crippen LogP contribution in [0.3, 0.4) is 0 Å².